The first-order chi connectivity index (χ1) is 9.54. The highest BCUT2D eigenvalue weighted by atomic mass is 16.5. The van der Waals surface area contributed by atoms with Gasteiger partial charge in [0.1, 0.15) is 0 Å². The topological polar surface area (TPSA) is 108 Å². The predicted molar refractivity (Wildman–Crippen MR) is 70.3 cm³/mol. The second-order valence-electron chi connectivity index (χ2n) is 4.61. The van der Waals surface area contributed by atoms with Crippen LogP contribution >= 0.6 is 0 Å². The van der Waals surface area contributed by atoms with Crippen molar-refractivity contribution in [3.8, 4) is 0 Å². The summed E-state index contributed by atoms with van der Waals surface area (Å²) in [5, 5.41) is 13.4. The van der Waals surface area contributed by atoms with Gasteiger partial charge in [-0.2, -0.15) is 0 Å². The molecule has 114 valence electrons. The molecular formula is C12H21N3O5. The molecule has 8 heteroatoms. The summed E-state index contributed by atoms with van der Waals surface area (Å²) >= 11 is 0. The van der Waals surface area contributed by atoms with Gasteiger partial charge in [0.05, 0.1) is 13.2 Å². The van der Waals surface area contributed by atoms with Gasteiger partial charge in [0, 0.05) is 20.2 Å². The Balaban J connectivity index is 2.30. The van der Waals surface area contributed by atoms with Gasteiger partial charge >= 0.3 is 12.0 Å². The summed E-state index contributed by atoms with van der Waals surface area (Å²) in [5.41, 5.74) is 0. The summed E-state index contributed by atoms with van der Waals surface area (Å²) in [6, 6.07) is -1.83. The zero-order valence-corrected chi connectivity index (χ0v) is 11.6. The molecule has 0 aromatic rings. The average molecular weight is 287 g/mol. The number of urea groups is 1. The number of methoxy groups -OCH3 is 1. The smallest absolute Gasteiger partial charge is 0.328 e. The van der Waals surface area contributed by atoms with E-state index in [1.54, 1.807) is 4.90 Å². The van der Waals surface area contributed by atoms with E-state index in [0.717, 1.165) is 19.3 Å². The summed E-state index contributed by atoms with van der Waals surface area (Å²) < 4.78 is 4.69. The highest BCUT2D eigenvalue weighted by molar-refractivity contribution is 5.86. The molecule has 1 atom stereocenters. The van der Waals surface area contributed by atoms with Crippen LogP contribution in [0.25, 0.3) is 0 Å². The molecule has 0 radical (unpaired) electrons. The number of carbonyl (C=O) groups is 3. The van der Waals surface area contributed by atoms with Crippen molar-refractivity contribution >= 4 is 17.9 Å². The Hall–Kier alpha value is -1.83. The number of aliphatic carboxylic acids is 1. The Morgan fingerprint density at radius 3 is 2.45 bits per heavy atom. The van der Waals surface area contributed by atoms with E-state index in [0.29, 0.717) is 13.1 Å². The van der Waals surface area contributed by atoms with E-state index in [1.807, 2.05) is 0 Å². The summed E-state index contributed by atoms with van der Waals surface area (Å²) in [5.74, 6) is -1.34. The van der Waals surface area contributed by atoms with Crippen molar-refractivity contribution in [2.75, 3.05) is 33.4 Å². The molecule has 0 aromatic heterocycles. The van der Waals surface area contributed by atoms with Crippen molar-refractivity contribution in [1.82, 2.24) is 15.5 Å². The van der Waals surface area contributed by atoms with E-state index >= 15 is 0 Å². The first kappa shape index (κ1) is 16.2. The number of carbonyl (C=O) groups excluding carboxylic acids is 2. The number of nitrogens with zero attached hydrogens (tertiary/aromatic N) is 1. The second kappa shape index (κ2) is 8.36. The fraction of sp³-hybridized carbons (Fsp3) is 0.750. The SMILES string of the molecule is COCC(NC(=O)NCC(=O)N1CCCCC1)C(=O)O. The fourth-order valence-corrected chi connectivity index (χ4v) is 1.96. The van der Waals surface area contributed by atoms with Crippen LogP contribution in [0.3, 0.4) is 0 Å². The van der Waals surface area contributed by atoms with Gasteiger partial charge in [-0.05, 0) is 19.3 Å². The quantitative estimate of drug-likeness (QED) is 0.604. The van der Waals surface area contributed by atoms with Gasteiger partial charge in [0.15, 0.2) is 6.04 Å². The van der Waals surface area contributed by atoms with Gasteiger partial charge in [0.2, 0.25) is 5.91 Å². The van der Waals surface area contributed by atoms with Crippen LogP contribution in [-0.4, -0.2) is 67.3 Å². The fourth-order valence-electron chi connectivity index (χ4n) is 1.96. The van der Waals surface area contributed by atoms with E-state index in [1.165, 1.54) is 7.11 Å². The van der Waals surface area contributed by atoms with E-state index in [9.17, 15) is 14.4 Å². The minimum absolute atomic E-state index is 0.134. The van der Waals surface area contributed by atoms with Gasteiger partial charge in [-0.3, -0.25) is 4.79 Å². The highest BCUT2D eigenvalue weighted by Crippen LogP contribution is 2.08. The number of piperidine rings is 1. The van der Waals surface area contributed by atoms with Gasteiger partial charge in [0.25, 0.3) is 0 Å². The van der Waals surface area contributed by atoms with Crippen molar-refractivity contribution in [3.63, 3.8) is 0 Å². The first-order valence-electron chi connectivity index (χ1n) is 6.58. The van der Waals surface area contributed by atoms with E-state index < -0.39 is 18.0 Å². The molecule has 1 fully saturated rings. The maximum atomic E-state index is 11.8. The Kier molecular flexibility index (Phi) is 6.78. The largest absolute Gasteiger partial charge is 0.480 e. The lowest BCUT2D eigenvalue weighted by Gasteiger charge is -2.26. The predicted octanol–water partition coefficient (Wildman–Crippen LogP) is -0.602. The van der Waals surface area contributed by atoms with Gasteiger partial charge < -0.3 is 25.4 Å². The molecule has 1 rings (SSSR count). The Morgan fingerprint density at radius 1 is 1.25 bits per heavy atom. The minimum Gasteiger partial charge on any atom is -0.480 e. The molecule has 3 N–H and O–H groups in total. The lowest BCUT2D eigenvalue weighted by Crippen LogP contribution is -2.50. The number of carboxylic acids is 1. The maximum Gasteiger partial charge on any atom is 0.328 e. The van der Waals surface area contributed by atoms with Crippen molar-refractivity contribution in [3.05, 3.63) is 0 Å². The summed E-state index contributed by atoms with van der Waals surface area (Å²) in [7, 11) is 1.34. The third kappa shape index (κ3) is 5.43. The number of nitrogens with one attached hydrogen (secondary N) is 2. The normalized spacial score (nSPS) is 16.4. The molecule has 1 aliphatic heterocycles. The lowest BCUT2D eigenvalue weighted by molar-refractivity contribution is -0.140. The van der Waals surface area contributed by atoms with Crippen LogP contribution in [0.1, 0.15) is 19.3 Å². The van der Waals surface area contributed by atoms with Crippen LogP contribution in [0.5, 0.6) is 0 Å². The summed E-state index contributed by atoms with van der Waals surface area (Å²) in [6.45, 7) is 1.15. The minimum atomic E-state index is -1.19. The van der Waals surface area contributed by atoms with Crippen molar-refractivity contribution in [1.29, 1.82) is 0 Å². The highest BCUT2D eigenvalue weighted by Gasteiger charge is 2.21. The van der Waals surface area contributed by atoms with Gasteiger partial charge in [-0.1, -0.05) is 0 Å². The Labute approximate surface area is 117 Å². The molecule has 0 bridgehead atoms. The first-order valence-corrected chi connectivity index (χ1v) is 6.58. The number of ether oxygens (including phenoxy) is 1. The van der Waals surface area contributed by atoms with Crippen molar-refractivity contribution in [2.24, 2.45) is 0 Å². The average Bonchev–Trinajstić information content (AvgIpc) is 2.45. The van der Waals surface area contributed by atoms with Gasteiger partial charge in [-0.15, -0.1) is 0 Å². The third-order valence-corrected chi connectivity index (χ3v) is 3.05. The summed E-state index contributed by atoms with van der Waals surface area (Å²) in [6.07, 6.45) is 3.08. The van der Waals surface area contributed by atoms with E-state index in [2.05, 4.69) is 15.4 Å². The maximum absolute atomic E-state index is 11.8. The van der Waals surface area contributed by atoms with Crippen LogP contribution in [0.15, 0.2) is 0 Å². The van der Waals surface area contributed by atoms with Crippen LogP contribution in [0.2, 0.25) is 0 Å². The van der Waals surface area contributed by atoms with Gasteiger partial charge in [-0.25, -0.2) is 9.59 Å². The molecule has 0 saturated carbocycles. The summed E-state index contributed by atoms with van der Waals surface area (Å²) in [4.78, 5) is 35.8. The van der Waals surface area contributed by atoms with Crippen LogP contribution in [0, 0.1) is 0 Å². The number of rotatable bonds is 6. The van der Waals surface area contributed by atoms with Crippen molar-refractivity contribution in [2.45, 2.75) is 25.3 Å². The Bertz CT molecular complexity index is 355. The van der Waals surface area contributed by atoms with Crippen LogP contribution < -0.4 is 10.6 Å². The molecule has 1 unspecified atom stereocenters. The molecule has 1 heterocycles. The zero-order valence-electron chi connectivity index (χ0n) is 11.6. The lowest BCUT2D eigenvalue weighted by atomic mass is 10.1. The Morgan fingerprint density at radius 2 is 1.90 bits per heavy atom. The van der Waals surface area contributed by atoms with Crippen molar-refractivity contribution < 1.29 is 24.2 Å². The number of hydrogen-bond donors (Lipinski definition) is 3. The van der Waals surface area contributed by atoms with E-state index in [4.69, 9.17) is 5.11 Å². The molecule has 1 saturated heterocycles. The molecule has 8 nitrogen and oxygen atoms in total. The molecule has 1 aliphatic rings. The third-order valence-electron chi connectivity index (χ3n) is 3.05. The molecular weight excluding hydrogens is 266 g/mol. The molecule has 0 spiro atoms. The second-order valence-corrected chi connectivity index (χ2v) is 4.61. The number of likely N-dealkylation sites (tertiary alicyclic amines) is 1. The van der Waals surface area contributed by atoms with Crippen LogP contribution in [0.4, 0.5) is 4.79 Å². The standard InChI is InChI=1S/C12H21N3O5/c1-20-8-9(11(17)18)14-12(19)13-7-10(16)15-5-3-2-4-6-15/h9H,2-8H2,1H3,(H,17,18)(H2,13,14,19). The van der Waals surface area contributed by atoms with Crippen LogP contribution in [-0.2, 0) is 14.3 Å². The molecule has 0 aliphatic carbocycles. The molecule has 3 amide bonds. The number of amides is 3. The molecule has 0 aromatic carbocycles. The number of hydrogen-bond acceptors (Lipinski definition) is 4. The number of carboxylic acid groups (broad SMARTS) is 1. The monoisotopic (exact) mass is 287 g/mol. The molecule has 20 heavy (non-hydrogen) atoms. The zero-order chi connectivity index (χ0) is 15.0. The van der Waals surface area contributed by atoms with E-state index in [-0.39, 0.29) is 19.1 Å².